The van der Waals surface area contributed by atoms with Crippen LogP contribution in [0.4, 0.5) is 0 Å². The first-order valence-electron chi connectivity index (χ1n) is 7.47. The molecule has 20 heavy (non-hydrogen) atoms. The minimum atomic E-state index is 0.603. The molecule has 1 aromatic carbocycles. The number of rotatable bonds is 6. The average Bonchev–Trinajstić information content (AvgIpc) is 2.42. The van der Waals surface area contributed by atoms with E-state index in [2.05, 4.69) is 4.90 Å². The van der Waals surface area contributed by atoms with E-state index in [1.807, 2.05) is 13.0 Å². The Kier molecular flexibility index (Phi) is 6.47. The van der Waals surface area contributed by atoms with Gasteiger partial charge in [-0.05, 0) is 69.9 Å². The van der Waals surface area contributed by atoms with Gasteiger partial charge in [0.05, 0.1) is 11.6 Å². The molecule has 0 aromatic heterocycles. The summed E-state index contributed by atoms with van der Waals surface area (Å²) in [5, 5.41) is 1.26. The van der Waals surface area contributed by atoms with E-state index in [0.717, 1.165) is 24.3 Å². The molecule has 1 heterocycles. The lowest BCUT2D eigenvalue weighted by atomic mass is 10.1. The second-order valence-electron chi connectivity index (χ2n) is 5.49. The van der Waals surface area contributed by atoms with Crippen molar-refractivity contribution >= 4 is 23.2 Å². The Bertz CT molecular complexity index is 407. The van der Waals surface area contributed by atoms with E-state index in [1.54, 1.807) is 6.07 Å². The van der Waals surface area contributed by atoms with Crippen molar-refractivity contribution in [3.8, 4) is 5.75 Å². The monoisotopic (exact) mass is 315 g/mol. The molecule has 112 valence electrons. The standard InChI is InChI=1S/C16H23Cl2NO/c1-13-11-14(17)12-15(18)16(13)20-10-6-5-9-19-7-3-2-4-8-19/h11-12H,2-10H2,1H3. The van der Waals surface area contributed by atoms with Crippen molar-refractivity contribution in [3.05, 3.63) is 27.7 Å². The second kappa shape index (κ2) is 8.11. The van der Waals surface area contributed by atoms with Gasteiger partial charge in [0.15, 0.2) is 0 Å². The molecular formula is C16H23Cl2NO. The van der Waals surface area contributed by atoms with Gasteiger partial charge in [-0.1, -0.05) is 29.6 Å². The number of piperidine rings is 1. The topological polar surface area (TPSA) is 12.5 Å². The van der Waals surface area contributed by atoms with Crippen LogP contribution in [0.15, 0.2) is 12.1 Å². The molecule has 0 aliphatic carbocycles. The summed E-state index contributed by atoms with van der Waals surface area (Å²) in [6, 6.07) is 3.62. The predicted octanol–water partition coefficient (Wildman–Crippen LogP) is 4.95. The summed E-state index contributed by atoms with van der Waals surface area (Å²) < 4.78 is 5.80. The smallest absolute Gasteiger partial charge is 0.140 e. The Hall–Kier alpha value is -0.440. The maximum atomic E-state index is 6.15. The molecule has 2 rings (SSSR count). The summed E-state index contributed by atoms with van der Waals surface area (Å²) in [7, 11) is 0. The van der Waals surface area contributed by atoms with E-state index in [4.69, 9.17) is 27.9 Å². The molecule has 2 nitrogen and oxygen atoms in total. The highest BCUT2D eigenvalue weighted by atomic mass is 35.5. The fraction of sp³-hybridized carbons (Fsp3) is 0.625. The molecule has 1 aliphatic heterocycles. The van der Waals surface area contributed by atoms with Crippen molar-refractivity contribution in [1.82, 2.24) is 4.90 Å². The van der Waals surface area contributed by atoms with E-state index in [9.17, 15) is 0 Å². The first-order chi connectivity index (χ1) is 9.66. The quantitative estimate of drug-likeness (QED) is 0.689. The molecule has 0 amide bonds. The first kappa shape index (κ1) is 15.9. The fourth-order valence-electron chi connectivity index (χ4n) is 2.67. The highest BCUT2D eigenvalue weighted by Gasteiger charge is 2.10. The van der Waals surface area contributed by atoms with Gasteiger partial charge in [-0.2, -0.15) is 0 Å². The summed E-state index contributed by atoms with van der Waals surface area (Å²) >= 11 is 12.1. The third-order valence-electron chi connectivity index (χ3n) is 3.76. The Morgan fingerprint density at radius 1 is 1.10 bits per heavy atom. The molecule has 0 radical (unpaired) electrons. The number of ether oxygens (including phenoxy) is 1. The van der Waals surface area contributed by atoms with Gasteiger partial charge >= 0.3 is 0 Å². The van der Waals surface area contributed by atoms with Crippen LogP contribution in [0, 0.1) is 6.92 Å². The Balaban J connectivity index is 1.68. The van der Waals surface area contributed by atoms with Gasteiger partial charge in [-0.15, -0.1) is 0 Å². The molecule has 0 N–H and O–H groups in total. The number of hydrogen-bond acceptors (Lipinski definition) is 2. The Morgan fingerprint density at radius 2 is 1.85 bits per heavy atom. The Labute approximate surface area is 132 Å². The van der Waals surface area contributed by atoms with Crippen molar-refractivity contribution in [2.75, 3.05) is 26.2 Å². The minimum absolute atomic E-state index is 0.603. The van der Waals surface area contributed by atoms with Gasteiger partial charge in [0.1, 0.15) is 5.75 Å². The van der Waals surface area contributed by atoms with Gasteiger partial charge < -0.3 is 9.64 Å². The largest absolute Gasteiger partial charge is 0.492 e. The summed E-state index contributed by atoms with van der Waals surface area (Å²) in [6.45, 7) is 6.42. The molecule has 4 heteroatoms. The van der Waals surface area contributed by atoms with Crippen LogP contribution < -0.4 is 4.74 Å². The molecule has 0 atom stereocenters. The molecule has 0 bridgehead atoms. The summed E-state index contributed by atoms with van der Waals surface area (Å²) in [6.07, 6.45) is 6.36. The zero-order valence-corrected chi connectivity index (χ0v) is 13.6. The van der Waals surface area contributed by atoms with Crippen LogP contribution in [-0.4, -0.2) is 31.1 Å². The normalized spacial score (nSPS) is 16.4. The zero-order valence-electron chi connectivity index (χ0n) is 12.1. The van der Waals surface area contributed by atoms with Crippen LogP contribution in [0.25, 0.3) is 0 Å². The van der Waals surface area contributed by atoms with Gasteiger partial charge in [0.25, 0.3) is 0 Å². The lowest BCUT2D eigenvalue weighted by Crippen LogP contribution is -2.30. The number of unbranched alkanes of at least 4 members (excludes halogenated alkanes) is 1. The van der Waals surface area contributed by atoms with Crippen molar-refractivity contribution in [2.45, 2.75) is 39.0 Å². The summed E-state index contributed by atoms with van der Waals surface area (Å²) in [4.78, 5) is 2.56. The third-order valence-corrected chi connectivity index (χ3v) is 4.26. The second-order valence-corrected chi connectivity index (χ2v) is 6.34. The van der Waals surface area contributed by atoms with Gasteiger partial charge in [0, 0.05) is 5.02 Å². The molecule has 1 aliphatic rings. The van der Waals surface area contributed by atoms with Crippen LogP contribution in [0.2, 0.25) is 10.0 Å². The predicted molar refractivity (Wildman–Crippen MR) is 86.2 cm³/mol. The minimum Gasteiger partial charge on any atom is -0.492 e. The van der Waals surface area contributed by atoms with Crippen molar-refractivity contribution in [1.29, 1.82) is 0 Å². The van der Waals surface area contributed by atoms with Crippen LogP contribution >= 0.6 is 23.2 Å². The number of likely N-dealkylation sites (tertiary alicyclic amines) is 1. The summed E-state index contributed by atoms with van der Waals surface area (Å²) in [5.74, 6) is 0.772. The van der Waals surface area contributed by atoms with Crippen molar-refractivity contribution in [3.63, 3.8) is 0 Å². The highest BCUT2D eigenvalue weighted by molar-refractivity contribution is 6.35. The third kappa shape index (κ3) is 4.83. The molecular weight excluding hydrogens is 293 g/mol. The van der Waals surface area contributed by atoms with E-state index >= 15 is 0 Å². The number of aryl methyl sites for hydroxylation is 1. The van der Waals surface area contributed by atoms with Crippen molar-refractivity contribution < 1.29 is 4.74 Å². The van der Waals surface area contributed by atoms with E-state index in [-0.39, 0.29) is 0 Å². The lowest BCUT2D eigenvalue weighted by molar-refractivity contribution is 0.216. The van der Waals surface area contributed by atoms with Gasteiger partial charge in [0.2, 0.25) is 0 Å². The number of benzene rings is 1. The number of nitrogens with zero attached hydrogens (tertiary/aromatic N) is 1. The lowest BCUT2D eigenvalue weighted by Gasteiger charge is -2.26. The molecule has 0 saturated carbocycles. The van der Waals surface area contributed by atoms with Crippen molar-refractivity contribution in [2.24, 2.45) is 0 Å². The SMILES string of the molecule is Cc1cc(Cl)cc(Cl)c1OCCCCN1CCCCC1. The average molecular weight is 316 g/mol. The molecule has 1 fully saturated rings. The van der Waals surface area contributed by atoms with E-state index in [0.29, 0.717) is 10.0 Å². The maximum absolute atomic E-state index is 6.15. The first-order valence-corrected chi connectivity index (χ1v) is 8.23. The number of hydrogen-bond donors (Lipinski definition) is 0. The number of halogens is 2. The van der Waals surface area contributed by atoms with Gasteiger partial charge in [-0.3, -0.25) is 0 Å². The molecule has 0 unspecified atom stereocenters. The van der Waals surface area contributed by atoms with E-state index in [1.165, 1.54) is 45.3 Å². The van der Waals surface area contributed by atoms with E-state index < -0.39 is 0 Å². The fourth-order valence-corrected chi connectivity index (χ4v) is 3.32. The van der Waals surface area contributed by atoms with Crippen LogP contribution in [0.5, 0.6) is 5.75 Å². The molecule has 1 aromatic rings. The zero-order chi connectivity index (χ0) is 14.4. The highest BCUT2D eigenvalue weighted by Crippen LogP contribution is 2.31. The maximum Gasteiger partial charge on any atom is 0.140 e. The van der Waals surface area contributed by atoms with Crippen LogP contribution in [0.3, 0.4) is 0 Å². The Morgan fingerprint density at radius 3 is 2.55 bits per heavy atom. The summed E-state index contributed by atoms with van der Waals surface area (Å²) in [5.41, 5.74) is 0.999. The molecule has 0 spiro atoms. The van der Waals surface area contributed by atoms with Crippen LogP contribution in [0.1, 0.15) is 37.7 Å². The van der Waals surface area contributed by atoms with Gasteiger partial charge in [-0.25, -0.2) is 0 Å². The molecule has 1 saturated heterocycles. The van der Waals surface area contributed by atoms with Crippen LogP contribution in [-0.2, 0) is 0 Å².